The maximum Gasteiger partial charge on any atom is 0.265 e. The van der Waals surface area contributed by atoms with Crippen LogP contribution in [0.1, 0.15) is 11.4 Å². The summed E-state index contributed by atoms with van der Waals surface area (Å²) >= 11 is 0. The van der Waals surface area contributed by atoms with Gasteiger partial charge in [0, 0.05) is 12.0 Å². The second kappa shape index (κ2) is 4.87. The summed E-state index contributed by atoms with van der Waals surface area (Å²) in [6.45, 7) is 1.94. The fraction of sp³-hybridized carbons (Fsp3) is 0.273. The van der Waals surface area contributed by atoms with Crippen LogP contribution in [0.2, 0.25) is 0 Å². The molecule has 0 atom stereocenters. The third kappa shape index (κ3) is 3.38. The summed E-state index contributed by atoms with van der Waals surface area (Å²) in [5, 5.41) is 3.66. The zero-order valence-electron chi connectivity index (χ0n) is 9.70. The molecule has 0 radical (unpaired) electrons. The molecule has 2 aromatic rings. The second-order valence-electron chi connectivity index (χ2n) is 3.92. The normalized spacial score (nSPS) is 11.7. The molecule has 0 unspecified atom stereocenters. The molecule has 1 N–H and O–H groups in total. The molecule has 2 rings (SSSR count). The fourth-order valence-corrected chi connectivity index (χ4v) is 1.91. The van der Waals surface area contributed by atoms with Crippen LogP contribution >= 0.6 is 0 Å². The highest BCUT2D eigenvalue weighted by atomic mass is 32.2. The van der Waals surface area contributed by atoms with Gasteiger partial charge in [-0.25, -0.2) is 0 Å². The standard InChI is InChI=1S/C11H12N2O4S/c1-8-3-2-4-9(7-8)11-12-10(13-17-11)5-6-18(14,15)16/h2-4,7H,5-6H2,1H3,(H,14,15,16). The van der Waals surface area contributed by atoms with Crippen molar-refractivity contribution in [3.05, 3.63) is 35.7 Å². The van der Waals surface area contributed by atoms with Crippen molar-refractivity contribution in [2.75, 3.05) is 5.75 Å². The van der Waals surface area contributed by atoms with Gasteiger partial charge in [0.2, 0.25) is 0 Å². The van der Waals surface area contributed by atoms with E-state index >= 15 is 0 Å². The van der Waals surface area contributed by atoms with Crippen LogP contribution in [0.15, 0.2) is 28.8 Å². The maximum absolute atomic E-state index is 10.6. The second-order valence-corrected chi connectivity index (χ2v) is 5.49. The molecule has 0 fully saturated rings. The minimum absolute atomic E-state index is 0.0220. The van der Waals surface area contributed by atoms with Crippen LogP contribution in [0.4, 0.5) is 0 Å². The van der Waals surface area contributed by atoms with E-state index in [4.69, 9.17) is 9.08 Å². The number of hydrogen-bond acceptors (Lipinski definition) is 5. The van der Waals surface area contributed by atoms with E-state index in [1.807, 2.05) is 31.2 Å². The van der Waals surface area contributed by atoms with E-state index in [1.54, 1.807) is 0 Å². The highest BCUT2D eigenvalue weighted by molar-refractivity contribution is 7.85. The third-order valence-corrected chi connectivity index (χ3v) is 3.04. The Morgan fingerprint density at radius 2 is 2.17 bits per heavy atom. The summed E-state index contributed by atoms with van der Waals surface area (Å²) in [5.74, 6) is 0.174. The van der Waals surface area contributed by atoms with Crippen LogP contribution in [0.3, 0.4) is 0 Å². The zero-order valence-corrected chi connectivity index (χ0v) is 10.5. The predicted octanol–water partition coefficient (Wildman–Crippen LogP) is 1.48. The molecule has 18 heavy (non-hydrogen) atoms. The monoisotopic (exact) mass is 268 g/mol. The molecule has 0 amide bonds. The summed E-state index contributed by atoms with van der Waals surface area (Å²) in [4.78, 5) is 4.07. The molecule has 1 aromatic heterocycles. The summed E-state index contributed by atoms with van der Waals surface area (Å²) in [7, 11) is -4.01. The first kappa shape index (κ1) is 12.7. The molecule has 0 bridgehead atoms. The predicted molar refractivity (Wildman–Crippen MR) is 64.6 cm³/mol. The van der Waals surface area contributed by atoms with Gasteiger partial charge in [0.05, 0.1) is 5.75 Å². The van der Waals surface area contributed by atoms with Crippen LogP contribution in [-0.4, -0.2) is 28.9 Å². The molecule has 0 saturated carbocycles. The Morgan fingerprint density at radius 1 is 1.39 bits per heavy atom. The molecule has 6 nitrogen and oxygen atoms in total. The SMILES string of the molecule is Cc1cccc(-c2nc(CCS(=O)(=O)O)no2)c1. The van der Waals surface area contributed by atoms with Crippen molar-refractivity contribution in [3.8, 4) is 11.5 Å². The quantitative estimate of drug-likeness (QED) is 0.844. The van der Waals surface area contributed by atoms with Gasteiger partial charge < -0.3 is 4.52 Å². The van der Waals surface area contributed by atoms with Crippen LogP contribution in [0.5, 0.6) is 0 Å². The van der Waals surface area contributed by atoms with Crippen molar-refractivity contribution < 1.29 is 17.5 Å². The summed E-state index contributed by atoms with van der Waals surface area (Å²) < 4.78 is 34.8. The first-order valence-electron chi connectivity index (χ1n) is 5.29. The van der Waals surface area contributed by atoms with Crippen LogP contribution in [0.25, 0.3) is 11.5 Å². The summed E-state index contributed by atoms with van der Waals surface area (Å²) in [5.41, 5.74) is 1.84. The van der Waals surface area contributed by atoms with Crippen molar-refractivity contribution in [2.45, 2.75) is 13.3 Å². The Bertz CT molecular complexity index is 649. The Labute approximate surface area is 104 Å². The van der Waals surface area contributed by atoms with Crippen molar-refractivity contribution in [1.82, 2.24) is 10.1 Å². The molecular weight excluding hydrogens is 256 g/mol. The average Bonchev–Trinajstić information content (AvgIpc) is 2.74. The highest BCUT2D eigenvalue weighted by Gasteiger charge is 2.12. The van der Waals surface area contributed by atoms with Crippen molar-refractivity contribution in [2.24, 2.45) is 0 Å². The van der Waals surface area contributed by atoms with Gasteiger partial charge in [0.15, 0.2) is 5.82 Å². The lowest BCUT2D eigenvalue weighted by Crippen LogP contribution is -2.07. The Kier molecular flexibility index (Phi) is 3.44. The summed E-state index contributed by atoms with van der Waals surface area (Å²) in [6.07, 6.45) is 0.0220. The van der Waals surface area contributed by atoms with E-state index < -0.39 is 15.9 Å². The lowest BCUT2D eigenvalue weighted by atomic mass is 10.1. The number of hydrogen-bond donors (Lipinski definition) is 1. The van der Waals surface area contributed by atoms with Crippen molar-refractivity contribution in [1.29, 1.82) is 0 Å². The number of nitrogens with zero attached hydrogens (tertiary/aromatic N) is 2. The number of aromatic nitrogens is 2. The van der Waals surface area contributed by atoms with Gasteiger partial charge in [0.25, 0.3) is 16.0 Å². The number of rotatable bonds is 4. The molecule has 7 heteroatoms. The average molecular weight is 268 g/mol. The molecule has 0 aliphatic heterocycles. The minimum atomic E-state index is -4.01. The topological polar surface area (TPSA) is 93.3 Å². The zero-order chi connectivity index (χ0) is 13.2. The third-order valence-electron chi connectivity index (χ3n) is 2.32. The van der Waals surface area contributed by atoms with Gasteiger partial charge in [0.1, 0.15) is 0 Å². The van der Waals surface area contributed by atoms with Gasteiger partial charge in [-0.3, -0.25) is 4.55 Å². The molecule has 96 valence electrons. The van der Waals surface area contributed by atoms with Gasteiger partial charge >= 0.3 is 0 Å². The maximum atomic E-state index is 10.6. The Morgan fingerprint density at radius 3 is 2.83 bits per heavy atom. The van der Waals surface area contributed by atoms with E-state index in [9.17, 15) is 8.42 Å². The molecular formula is C11H12N2O4S. The first-order valence-corrected chi connectivity index (χ1v) is 6.90. The van der Waals surface area contributed by atoms with Gasteiger partial charge in [-0.15, -0.1) is 0 Å². The smallest absolute Gasteiger partial charge is 0.265 e. The Balaban J connectivity index is 2.16. The van der Waals surface area contributed by atoms with Crippen LogP contribution in [-0.2, 0) is 16.5 Å². The fourth-order valence-electron chi connectivity index (χ4n) is 1.47. The van der Waals surface area contributed by atoms with E-state index in [1.165, 1.54) is 0 Å². The van der Waals surface area contributed by atoms with Crippen LogP contribution in [0, 0.1) is 6.92 Å². The lowest BCUT2D eigenvalue weighted by Gasteiger charge is -1.95. The highest BCUT2D eigenvalue weighted by Crippen LogP contribution is 2.18. The molecule has 0 aliphatic carbocycles. The van der Waals surface area contributed by atoms with Crippen molar-refractivity contribution in [3.63, 3.8) is 0 Å². The number of benzene rings is 1. The molecule has 0 saturated heterocycles. The van der Waals surface area contributed by atoms with E-state index in [0.717, 1.165) is 11.1 Å². The van der Waals surface area contributed by atoms with E-state index in [-0.39, 0.29) is 12.2 Å². The van der Waals surface area contributed by atoms with Gasteiger partial charge in [-0.1, -0.05) is 22.9 Å². The van der Waals surface area contributed by atoms with E-state index in [0.29, 0.717) is 5.89 Å². The van der Waals surface area contributed by atoms with Gasteiger partial charge in [-0.05, 0) is 19.1 Å². The van der Waals surface area contributed by atoms with Crippen LogP contribution < -0.4 is 0 Å². The lowest BCUT2D eigenvalue weighted by molar-refractivity contribution is 0.422. The molecule has 0 spiro atoms. The minimum Gasteiger partial charge on any atom is -0.334 e. The largest absolute Gasteiger partial charge is 0.334 e. The van der Waals surface area contributed by atoms with Gasteiger partial charge in [-0.2, -0.15) is 13.4 Å². The number of aryl methyl sites for hydroxylation is 2. The molecule has 0 aliphatic rings. The van der Waals surface area contributed by atoms with Crippen molar-refractivity contribution >= 4 is 10.1 Å². The van der Waals surface area contributed by atoms with E-state index in [2.05, 4.69) is 10.1 Å². The summed E-state index contributed by atoms with van der Waals surface area (Å²) in [6, 6.07) is 7.53. The first-order chi connectivity index (χ1) is 8.44. The Hall–Kier alpha value is -1.73. The molecule has 1 heterocycles. The molecule has 1 aromatic carbocycles.